The van der Waals surface area contributed by atoms with Crippen LogP contribution in [0.1, 0.15) is 43.0 Å². The van der Waals surface area contributed by atoms with Crippen LogP contribution in [0.3, 0.4) is 0 Å². The molecule has 1 aromatic carbocycles. The molecular weight excluding hydrogens is 481 g/mol. The van der Waals surface area contributed by atoms with Crippen molar-refractivity contribution in [3.05, 3.63) is 47.5 Å². The Kier molecular flexibility index (Phi) is 8.87. The number of benzene rings is 1. The zero-order chi connectivity index (χ0) is 19.9. The number of aliphatic imine (C=N–C) groups is 1. The molecule has 1 saturated heterocycles. The van der Waals surface area contributed by atoms with Gasteiger partial charge in [-0.15, -0.1) is 34.2 Å². The van der Waals surface area contributed by atoms with E-state index in [1.54, 1.807) is 0 Å². The third-order valence-electron chi connectivity index (χ3n) is 5.08. The molecule has 0 radical (unpaired) electrons. The minimum Gasteiger partial charge on any atom is -0.350 e. The Morgan fingerprint density at radius 1 is 1.21 bits per heavy atom. The van der Waals surface area contributed by atoms with E-state index in [4.69, 9.17) is 0 Å². The van der Waals surface area contributed by atoms with Crippen molar-refractivity contribution >= 4 is 35.8 Å². The van der Waals surface area contributed by atoms with Crippen LogP contribution >= 0.6 is 24.0 Å². The molecule has 1 atom stereocenters. The molecule has 2 N–H and O–H groups in total. The van der Waals surface area contributed by atoms with Gasteiger partial charge in [0.2, 0.25) is 5.91 Å². The molecule has 3 rings (SSSR count). The van der Waals surface area contributed by atoms with E-state index in [-0.39, 0.29) is 42.5 Å². The molecule has 1 fully saturated rings. The predicted molar refractivity (Wildman–Crippen MR) is 124 cm³/mol. The maximum Gasteiger partial charge on any atom is 0.241 e. The second kappa shape index (κ2) is 11.1. The van der Waals surface area contributed by atoms with Gasteiger partial charge >= 0.3 is 0 Å². The highest BCUT2D eigenvalue weighted by atomic mass is 127. The van der Waals surface area contributed by atoms with Gasteiger partial charge in [0.15, 0.2) is 11.8 Å². The molecule has 2 aromatic rings. The van der Waals surface area contributed by atoms with Gasteiger partial charge in [-0.3, -0.25) is 4.79 Å². The van der Waals surface area contributed by atoms with E-state index in [9.17, 15) is 4.79 Å². The fourth-order valence-electron chi connectivity index (χ4n) is 3.16. The summed E-state index contributed by atoms with van der Waals surface area (Å²) in [6.45, 7) is 6.28. The predicted octanol–water partition coefficient (Wildman–Crippen LogP) is 2.16. The first-order valence-corrected chi connectivity index (χ1v) is 9.77. The fraction of sp³-hybridized carbons (Fsp3) is 0.500. The lowest BCUT2D eigenvalue weighted by Gasteiger charge is -2.20. The van der Waals surface area contributed by atoms with Gasteiger partial charge in [-0.05, 0) is 32.3 Å². The second-order valence-electron chi connectivity index (χ2n) is 7.11. The van der Waals surface area contributed by atoms with E-state index in [0.717, 1.165) is 43.1 Å². The summed E-state index contributed by atoms with van der Waals surface area (Å²) in [5, 5.41) is 14.8. The lowest BCUT2D eigenvalue weighted by Crippen LogP contribution is -2.44. The van der Waals surface area contributed by atoms with Crippen molar-refractivity contribution in [3.8, 4) is 0 Å². The van der Waals surface area contributed by atoms with Crippen molar-refractivity contribution in [2.45, 2.75) is 39.3 Å². The Bertz CT molecular complexity index is 815. The number of rotatable bonds is 6. The highest BCUT2D eigenvalue weighted by Gasteiger charge is 2.18. The second-order valence-corrected chi connectivity index (χ2v) is 7.11. The molecule has 1 unspecified atom stereocenters. The number of likely N-dealkylation sites (tertiary alicyclic amines) is 1. The molecule has 2 heterocycles. The fourth-order valence-corrected chi connectivity index (χ4v) is 3.16. The number of carbonyl (C=O) groups is 1. The van der Waals surface area contributed by atoms with E-state index in [1.165, 1.54) is 0 Å². The molecule has 1 aliphatic rings. The van der Waals surface area contributed by atoms with Crippen molar-refractivity contribution in [2.75, 3.05) is 19.6 Å². The highest BCUT2D eigenvalue weighted by Crippen LogP contribution is 2.11. The Labute approximate surface area is 189 Å². The maximum absolute atomic E-state index is 12.4. The van der Waals surface area contributed by atoms with E-state index >= 15 is 0 Å². The van der Waals surface area contributed by atoms with Crippen LogP contribution < -0.4 is 10.6 Å². The third kappa shape index (κ3) is 6.41. The van der Waals surface area contributed by atoms with E-state index in [2.05, 4.69) is 44.9 Å². The summed E-state index contributed by atoms with van der Waals surface area (Å²) in [4.78, 5) is 18.9. The summed E-state index contributed by atoms with van der Waals surface area (Å²) < 4.78 is 1.91. The van der Waals surface area contributed by atoms with Crippen molar-refractivity contribution in [3.63, 3.8) is 0 Å². The topological polar surface area (TPSA) is 87.4 Å². The van der Waals surface area contributed by atoms with Gasteiger partial charge in [0.05, 0.1) is 12.6 Å². The van der Waals surface area contributed by atoms with Crippen LogP contribution in [-0.2, 0) is 18.4 Å². The molecular formula is C20H30IN7O. The Morgan fingerprint density at radius 2 is 1.90 bits per heavy atom. The number of aryl methyl sites for hydroxylation is 1. The number of guanidine groups is 1. The minimum absolute atomic E-state index is 0. The van der Waals surface area contributed by atoms with E-state index in [0.29, 0.717) is 12.5 Å². The zero-order valence-electron chi connectivity index (χ0n) is 17.3. The number of hydrogen-bond donors (Lipinski definition) is 2. The van der Waals surface area contributed by atoms with Crippen molar-refractivity contribution in [1.82, 2.24) is 30.3 Å². The van der Waals surface area contributed by atoms with Crippen molar-refractivity contribution < 1.29 is 4.79 Å². The number of amides is 1. The normalized spacial score (nSPS) is 15.0. The van der Waals surface area contributed by atoms with Gasteiger partial charge in [0, 0.05) is 20.1 Å². The number of aromatic nitrogens is 3. The molecule has 0 saturated carbocycles. The third-order valence-corrected chi connectivity index (χ3v) is 5.08. The quantitative estimate of drug-likeness (QED) is 0.353. The van der Waals surface area contributed by atoms with Gasteiger partial charge in [-0.1, -0.05) is 30.3 Å². The first kappa shape index (κ1) is 23.1. The number of halogens is 1. The smallest absolute Gasteiger partial charge is 0.241 e. The van der Waals surface area contributed by atoms with Crippen LogP contribution in [0.4, 0.5) is 0 Å². The largest absolute Gasteiger partial charge is 0.350 e. The summed E-state index contributed by atoms with van der Waals surface area (Å²) in [6.07, 6.45) is 2.17. The van der Waals surface area contributed by atoms with Crippen LogP contribution in [-0.4, -0.2) is 51.2 Å². The average Bonchev–Trinajstić information content (AvgIpc) is 3.36. The molecule has 158 valence electrons. The average molecular weight is 511 g/mol. The Morgan fingerprint density at radius 3 is 2.52 bits per heavy atom. The van der Waals surface area contributed by atoms with Crippen LogP contribution in [0, 0.1) is 6.92 Å². The maximum atomic E-state index is 12.4. The lowest BCUT2D eigenvalue weighted by molar-refractivity contribution is -0.128. The Balaban J connectivity index is 0.00000300. The van der Waals surface area contributed by atoms with Crippen molar-refractivity contribution in [1.29, 1.82) is 0 Å². The molecule has 0 spiro atoms. The number of nitrogens with zero attached hydrogens (tertiary/aromatic N) is 5. The van der Waals surface area contributed by atoms with Gasteiger partial charge in [0.1, 0.15) is 12.4 Å². The molecule has 0 aliphatic carbocycles. The number of hydrogen-bond acceptors (Lipinski definition) is 4. The van der Waals surface area contributed by atoms with E-state index < -0.39 is 0 Å². The summed E-state index contributed by atoms with van der Waals surface area (Å²) in [5.74, 6) is 2.31. The Hall–Kier alpha value is -2.17. The van der Waals surface area contributed by atoms with Gasteiger partial charge in [-0.2, -0.15) is 0 Å². The van der Waals surface area contributed by atoms with Gasteiger partial charge in [-0.25, -0.2) is 4.99 Å². The summed E-state index contributed by atoms with van der Waals surface area (Å²) >= 11 is 0. The van der Waals surface area contributed by atoms with Crippen LogP contribution in [0.25, 0.3) is 0 Å². The number of carbonyl (C=O) groups excluding carboxylic acids is 1. The molecule has 29 heavy (non-hydrogen) atoms. The summed E-state index contributed by atoms with van der Waals surface area (Å²) in [6, 6.07) is 10.2. The standard InChI is InChI=1S/C20H29N7O.HI/c1-15(17-9-5-4-6-10-17)23-20(21-13-18-25-24-16(2)26(18)3)22-14-19(28)27-11-7-8-12-27;/h4-6,9-10,15H,7-8,11-14H2,1-3H3,(H2,21,22,23);1H. The van der Waals surface area contributed by atoms with E-state index in [1.807, 2.05) is 41.6 Å². The molecule has 1 amide bonds. The number of nitrogens with one attached hydrogen (secondary N) is 2. The highest BCUT2D eigenvalue weighted by molar-refractivity contribution is 14.0. The van der Waals surface area contributed by atoms with Crippen LogP contribution in [0.5, 0.6) is 0 Å². The monoisotopic (exact) mass is 511 g/mol. The lowest BCUT2D eigenvalue weighted by atomic mass is 10.1. The van der Waals surface area contributed by atoms with Crippen molar-refractivity contribution in [2.24, 2.45) is 12.0 Å². The minimum atomic E-state index is 0. The molecule has 9 heteroatoms. The molecule has 1 aliphatic heterocycles. The SMILES string of the molecule is Cc1nnc(CN=C(NCC(=O)N2CCCC2)NC(C)c2ccccc2)n1C.I. The summed E-state index contributed by atoms with van der Waals surface area (Å²) in [5.41, 5.74) is 1.15. The van der Waals surface area contributed by atoms with Gasteiger partial charge in [0.25, 0.3) is 0 Å². The molecule has 1 aromatic heterocycles. The molecule has 8 nitrogen and oxygen atoms in total. The molecule has 0 bridgehead atoms. The van der Waals surface area contributed by atoms with Crippen LogP contribution in [0.2, 0.25) is 0 Å². The summed E-state index contributed by atoms with van der Waals surface area (Å²) in [7, 11) is 1.92. The first-order valence-electron chi connectivity index (χ1n) is 9.77. The zero-order valence-corrected chi connectivity index (χ0v) is 19.6. The van der Waals surface area contributed by atoms with Gasteiger partial charge < -0.3 is 20.1 Å². The van der Waals surface area contributed by atoms with Crippen LogP contribution in [0.15, 0.2) is 35.3 Å². The first-order chi connectivity index (χ1) is 13.5.